The molecule has 2 amide bonds. The van der Waals surface area contributed by atoms with Crippen molar-refractivity contribution in [3.8, 4) is 22.3 Å². The monoisotopic (exact) mass is 648 g/mol. The molecule has 0 spiro atoms. The number of hydrogen-bond acceptors (Lipinski definition) is 6. The maximum atomic E-state index is 12.9. The fourth-order valence-electron chi connectivity index (χ4n) is 6.77. The number of pyridine rings is 2. The zero-order valence-corrected chi connectivity index (χ0v) is 28.6. The SMILES string of the molecule is CC(C)(C)OC(=O)N1CCC[C@@H]1c1cn2cc(-c3ccc(-c4ccc5nc([C@H]6CCCN6C(=O)OC(C)(C)C)cn5c4)cc3)ccc2n1. The number of carbonyl (C=O) groups excluding carboxylic acids is 2. The molecule has 1 aromatic carbocycles. The van der Waals surface area contributed by atoms with Gasteiger partial charge >= 0.3 is 12.2 Å². The quantitative estimate of drug-likeness (QED) is 0.194. The molecule has 7 rings (SSSR count). The van der Waals surface area contributed by atoms with Gasteiger partial charge in [-0.15, -0.1) is 0 Å². The first-order valence-corrected chi connectivity index (χ1v) is 16.9. The molecular formula is C38H44N6O4. The summed E-state index contributed by atoms with van der Waals surface area (Å²) in [6, 6.07) is 16.6. The molecule has 2 aliphatic rings. The Balaban J connectivity index is 1.08. The minimum absolute atomic E-state index is 0.0894. The van der Waals surface area contributed by atoms with Crippen molar-refractivity contribution in [2.45, 2.75) is 90.5 Å². The highest BCUT2D eigenvalue weighted by atomic mass is 16.6. The number of hydrogen-bond donors (Lipinski definition) is 0. The molecule has 2 saturated heterocycles. The Kier molecular flexibility index (Phi) is 7.92. The van der Waals surface area contributed by atoms with Crippen molar-refractivity contribution in [2.24, 2.45) is 0 Å². The van der Waals surface area contributed by atoms with Gasteiger partial charge in [0.15, 0.2) is 0 Å². The van der Waals surface area contributed by atoms with Gasteiger partial charge in [0.25, 0.3) is 0 Å². The molecule has 0 bridgehead atoms. The van der Waals surface area contributed by atoms with Gasteiger partial charge in [-0.05, 0) is 114 Å². The second-order valence-corrected chi connectivity index (χ2v) is 14.9. The molecule has 0 aliphatic carbocycles. The van der Waals surface area contributed by atoms with E-state index < -0.39 is 11.2 Å². The van der Waals surface area contributed by atoms with E-state index in [0.717, 1.165) is 70.6 Å². The van der Waals surface area contributed by atoms with Crippen LogP contribution in [0, 0.1) is 0 Å². The third-order valence-corrected chi connectivity index (χ3v) is 8.94. The molecule has 2 aliphatic heterocycles. The minimum atomic E-state index is -0.536. The van der Waals surface area contributed by atoms with E-state index in [1.807, 2.05) is 84.7 Å². The topological polar surface area (TPSA) is 93.7 Å². The highest BCUT2D eigenvalue weighted by Crippen LogP contribution is 2.35. The van der Waals surface area contributed by atoms with E-state index in [-0.39, 0.29) is 24.3 Å². The van der Waals surface area contributed by atoms with Crippen LogP contribution in [0.25, 0.3) is 33.5 Å². The smallest absolute Gasteiger partial charge is 0.410 e. The summed E-state index contributed by atoms with van der Waals surface area (Å²) in [7, 11) is 0. The Morgan fingerprint density at radius 2 is 0.958 bits per heavy atom. The molecule has 4 aromatic heterocycles. The standard InChI is InChI=1S/C38H44N6O4/c1-37(2,3)47-35(45)43-19-7-9-31(43)29-23-41-21-27(15-17-33(41)39-29)25-11-13-26(14-12-25)28-16-18-34-40-30(24-42(34)22-28)32-10-8-20-44(32)36(46)48-38(4,5)6/h11-18,21-24,31-32H,7-10,19-20H2,1-6H3/t31-,32-/m1/s1. The summed E-state index contributed by atoms with van der Waals surface area (Å²) in [6.07, 6.45) is 11.3. The molecule has 0 saturated carbocycles. The van der Waals surface area contributed by atoms with E-state index in [1.54, 1.807) is 0 Å². The summed E-state index contributed by atoms with van der Waals surface area (Å²) in [5.41, 5.74) is 6.75. The second kappa shape index (κ2) is 12.0. The Labute approximate surface area is 281 Å². The van der Waals surface area contributed by atoms with Gasteiger partial charge in [0.05, 0.1) is 23.5 Å². The summed E-state index contributed by atoms with van der Waals surface area (Å²) in [5.74, 6) is 0. The summed E-state index contributed by atoms with van der Waals surface area (Å²) in [6.45, 7) is 12.7. The van der Waals surface area contributed by atoms with E-state index in [2.05, 4.69) is 48.8 Å². The average Bonchev–Trinajstić information content (AvgIpc) is 3.83. The van der Waals surface area contributed by atoms with E-state index >= 15 is 0 Å². The lowest BCUT2D eigenvalue weighted by atomic mass is 10.0. The van der Waals surface area contributed by atoms with Crippen LogP contribution in [0.3, 0.4) is 0 Å². The van der Waals surface area contributed by atoms with Crippen LogP contribution in [0.5, 0.6) is 0 Å². The molecule has 0 radical (unpaired) electrons. The molecule has 6 heterocycles. The van der Waals surface area contributed by atoms with Crippen molar-refractivity contribution in [1.82, 2.24) is 28.6 Å². The lowest BCUT2D eigenvalue weighted by Crippen LogP contribution is -2.36. The van der Waals surface area contributed by atoms with E-state index in [9.17, 15) is 9.59 Å². The third-order valence-electron chi connectivity index (χ3n) is 8.94. The van der Waals surface area contributed by atoms with E-state index in [1.165, 1.54) is 0 Å². The zero-order chi connectivity index (χ0) is 33.8. The summed E-state index contributed by atoms with van der Waals surface area (Å²) >= 11 is 0. The van der Waals surface area contributed by atoms with E-state index in [4.69, 9.17) is 19.4 Å². The molecule has 5 aromatic rings. The molecular weight excluding hydrogens is 604 g/mol. The van der Waals surface area contributed by atoms with Crippen molar-refractivity contribution in [1.29, 1.82) is 0 Å². The third kappa shape index (κ3) is 6.48. The average molecular weight is 649 g/mol. The Hall–Kier alpha value is -4.86. The van der Waals surface area contributed by atoms with Crippen LogP contribution >= 0.6 is 0 Å². The van der Waals surface area contributed by atoms with Crippen molar-refractivity contribution < 1.29 is 19.1 Å². The lowest BCUT2D eigenvalue weighted by Gasteiger charge is -2.27. The normalized spacial score (nSPS) is 18.6. The van der Waals surface area contributed by atoms with Gasteiger partial charge in [-0.1, -0.05) is 24.3 Å². The molecule has 0 N–H and O–H groups in total. The van der Waals surface area contributed by atoms with Gasteiger partial charge in [-0.25, -0.2) is 19.6 Å². The van der Waals surface area contributed by atoms with Gasteiger partial charge in [-0.3, -0.25) is 9.80 Å². The first-order valence-electron chi connectivity index (χ1n) is 16.9. The number of amides is 2. The summed E-state index contributed by atoms with van der Waals surface area (Å²) in [4.78, 5) is 39.1. The van der Waals surface area contributed by atoms with Gasteiger partial charge in [-0.2, -0.15) is 0 Å². The van der Waals surface area contributed by atoms with Crippen LogP contribution in [0.1, 0.15) is 90.7 Å². The zero-order valence-electron chi connectivity index (χ0n) is 28.6. The number of carbonyl (C=O) groups is 2. The number of imidazole rings is 2. The number of nitrogens with zero attached hydrogens (tertiary/aromatic N) is 6. The maximum Gasteiger partial charge on any atom is 0.410 e. The van der Waals surface area contributed by atoms with Crippen molar-refractivity contribution >= 4 is 23.5 Å². The molecule has 250 valence electrons. The van der Waals surface area contributed by atoms with Crippen LogP contribution in [0.4, 0.5) is 9.59 Å². The number of rotatable bonds is 4. The molecule has 10 heteroatoms. The Morgan fingerprint density at radius 1 is 0.583 bits per heavy atom. The van der Waals surface area contributed by atoms with Crippen molar-refractivity contribution in [3.63, 3.8) is 0 Å². The van der Waals surface area contributed by atoms with Crippen LogP contribution in [-0.2, 0) is 9.47 Å². The minimum Gasteiger partial charge on any atom is -0.444 e. The molecule has 10 nitrogen and oxygen atoms in total. The number of ether oxygens (including phenoxy) is 2. The first-order chi connectivity index (χ1) is 22.8. The largest absolute Gasteiger partial charge is 0.444 e. The number of likely N-dealkylation sites (tertiary alicyclic amines) is 2. The summed E-state index contributed by atoms with van der Waals surface area (Å²) in [5, 5.41) is 0. The lowest BCUT2D eigenvalue weighted by molar-refractivity contribution is 0.0211. The van der Waals surface area contributed by atoms with Gasteiger partial charge < -0.3 is 18.3 Å². The fraction of sp³-hybridized carbons (Fsp3) is 0.421. The van der Waals surface area contributed by atoms with Gasteiger partial charge in [0, 0.05) is 37.9 Å². The number of aromatic nitrogens is 4. The maximum absolute atomic E-state index is 12.9. The Morgan fingerprint density at radius 3 is 1.33 bits per heavy atom. The van der Waals surface area contributed by atoms with Crippen molar-refractivity contribution in [3.05, 3.63) is 84.7 Å². The Bertz CT molecular complexity index is 1840. The van der Waals surface area contributed by atoms with Crippen molar-refractivity contribution in [2.75, 3.05) is 13.1 Å². The molecule has 2 atom stereocenters. The predicted octanol–water partition coefficient (Wildman–Crippen LogP) is 8.46. The molecule has 48 heavy (non-hydrogen) atoms. The number of benzene rings is 1. The molecule has 2 fully saturated rings. The van der Waals surface area contributed by atoms with Crippen LogP contribution in [-0.4, -0.2) is 65.0 Å². The predicted molar refractivity (Wildman–Crippen MR) is 185 cm³/mol. The van der Waals surface area contributed by atoms with Crippen LogP contribution in [0.15, 0.2) is 73.3 Å². The second-order valence-electron chi connectivity index (χ2n) is 14.9. The highest BCUT2D eigenvalue weighted by Gasteiger charge is 2.36. The highest BCUT2D eigenvalue weighted by molar-refractivity contribution is 5.72. The van der Waals surface area contributed by atoms with E-state index in [0.29, 0.717) is 13.1 Å². The van der Waals surface area contributed by atoms with Gasteiger partial charge in [0.1, 0.15) is 22.5 Å². The molecule has 0 unspecified atom stereocenters. The van der Waals surface area contributed by atoms with Crippen LogP contribution in [0.2, 0.25) is 0 Å². The van der Waals surface area contributed by atoms with Gasteiger partial charge in [0.2, 0.25) is 0 Å². The summed E-state index contributed by atoms with van der Waals surface area (Å²) < 4.78 is 15.4. The van der Waals surface area contributed by atoms with Crippen LogP contribution < -0.4 is 0 Å². The fourth-order valence-corrected chi connectivity index (χ4v) is 6.77. The first kappa shape index (κ1) is 31.7. The number of fused-ring (bicyclic) bond motifs is 2.